The van der Waals surface area contributed by atoms with Gasteiger partial charge in [-0.3, -0.25) is 9.40 Å². The molecule has 0 radical (unpaired) electrons. The van der Waals surface area contributed by atoms with Crippen LogP contribution in [0.2, 0.25) is 0 Å². The largest absolute Gasteiger partial charge is 0.495 e. The number of fused-ring (bicyclic) bond motifs is 2. The molecule has 0 atom stereocenters. The van der Waals surface area contributed by atoms with Gasteiger partial charge in [0.1, 0.15) is 21.8 Å². The smallest absolute Gasteiger partial charge is 0.266 e. The third-order valence-electron chi connectivity index (χ3n) is 5.05. The van der Waals surface area contributed by atoms with Crippen LogP contribution in [0, 0.1) is 0 Å². The topological polar surface area (TPSA) is 131 Å². The summed E-state index contributed by atoms with van der Waals surface area (Å²) < 4.78 is 52.1. The van der Waals surface area contributed by atoms with E-state index in [-0.39, 0.29) is 22.3 Å². The van der Waals surface area contributed by atoms with Gasteiger partial charge in [0.15, 0.2) is 11.4 Å². The molecule has 3 aromatic heterocycles. The fourth-order valence-electron chi connectivity index (χ4n) is 3.57. The maximum Gasteiger partial charge on any atom is 0.266 e. The van der Waals surface area contributed by atoms with E-state index >= 15 is 0 Å². The Labute approximate surface area is 182 Å². The van der Waals surface area contributed by atoms with Crippen molar-refractivity contribution in [3.8, 4) is 17.4 Å². The summed E-state index contributed by atoms with van der Waals surface area (Å²) in [6.45, 7) is 0.875. The number of rotatable bonds is 7. The molecule has 0 fully saturated rings. The van der Waals surface area contributed by atoms with Gasteiger partial charge in [-0.1, -0.05) is 5.16 Å². The van der Waals surface area contributed by atoms with Crippen LogP contribution in [0.25, 0.3) is 11.0 Å². The van der Waals surface area contributed by atoms with Crippen molar-refractivity contribution in [3.63, 3.8) is 0 Å². The van der Waals surface area contributed by atoms with Gasteiger partial charge in [0, 0.05) is 36.5 Å². The fourth-order valence-corrected chi connectivity index (χ4v) is 4.75. The average Bonchev–Trinajstić information content (AvgIpc) is 3.53. The summed E-state index contributed by atoms with van der Waals surface area (Å²) in [5.74, 6) is 0.853. The van der Waals surface area contributed by atoms with Gasteiger partial charge in [-0.05, 0) is 12.1 Å². The van der Waals surface area contributed by atoms with Crippen molar-refractivity contribution in [2.24, 2.45) is 0 Å². The lowest BCUT2D eigenvalue weighted by Crippen LogP contribution is -2.15. The van der Waals surface area contributed by atoms with E-state index in [1.165, 1.54) is 20.3 Å². The molecule has 0 aliphatic carbocycles. The van der Waals surface area contributed by atoms with Crippen LogP contribution < -0.4 is 18.9 Å². The van der Waals surface area contributed by atoms with Gasteiger partial charge in [-0.25, -0.2) is 13.4 Å². The predicted octanol–water partition coefficient (Wildman–Crippen LogP) is 2.22. The van der Waals surface area contributed by atoms with Gasteiger partial charge in [-0.2, -0.15) is 5.10 Å². The first-order valence-corrected chi connectivity index (χ1v) is 11.1. The molecule has 0 saturated heterocycles. The summed E-state index contributed by atoms with van der Waals surface area (Å²) in [5, 5.41) is 8.35. The van der Waals surface area contributed by atoms with E-state index in [1.807, 2.05) is 0 Å². The molecule has 0 spiro atoms. The molecular formula is C20H19N5O6S. The lowest BCUT2D eigenvalue weighted by Gasteiger charge is -2.12. The Morgan fingerprint density at radius 2 is 2.09 bits per heavy atom. The zero-order chi connectivity index (χ0) is 22.3. The minimum atomic E-state index is -4.09. The van der Waals surface area contributed by atoms with E-state index in [2.05, 4.69) is 20.0 Å². The zero-order valence-corrected chi connectivity index (χ0v) is 18.0. The number of sulfonamides is 1. The number of benzene rings is 1. The Balaban J connectivity index is 1.53. The number of hydrogen-bond acceptors (Lipinski definition) is 9. The first kappa shape index (κ1) is 20.1. The summed E-state index contributed by atoms with van der Waals surface area (Å²) in [4.78, 5) is 4.38. The van der Waals surface area contributed by atoms with Gasteiger partial charge >= 0.3 is 0 Å². The molecule has 11 nitrogen and oxygen atoms in total. The Kier molecular flexibility index (Phi) is 4.85. The van der Waals surface area contributed by atoms with E-state index in [1.54, 1.807) is 35.3 Å². The summed E-state index contributed by atoms with van der Waals surface area (Å²) in [5.41, 5.74) is 1.82. The van der Waals surface area contributed by atoms with Crippen molar-refractivity contribution in [1.29, 1.82) is 0 Å². The maximum absolute atomic E-state index is 13.2. The monoisotopic (exact) mass is 457 g/mol. The van der Waals surface area contributed by atoms with Gasteiger partial charge in [-0.15, -0.1) is 0 Å². The highest BCUT2D eigenvalue weighted by atomic mass is 32.2. The van der Waals surface area contributed by atoms with Crippen LogP contribution in [0.15, 0.2) is 46.1 Å². The van der Waals surface area contributed by atoms with E-state index in [0.29, 0.717) is 42.0 Å². The highest BCUT2D eigenvalue weighted by Gasteiger charge is 2.28. The van der Waals surface area contributed by atoms with Gasteiger partial charge in [0.2, 0.25) is 5.88 Å². The average molecular weight is 457 g/mol. The quantitative estimate of drug-likeness (QED) is 0.444. The van der Waals surface area contributed by atoms with Crippen LogP contribution in [-0.2, 0) is 23.0 Å². The standard InChI is InChI=1S/C20H19N5O6S/c1-28-15-8-12-4-7-30-14(12)10-17(15)32(26,27)24-19-18-16(31-23-19)9-13(22-20(18)29-2)11-25-6-3-5-21-25/h3,5-6,8-10H,4,7,11H2,1-2H3,(H,23,24). The molecule has 1 N–H and O–H groups in total. The highest BCUT2D eigenvalue weighted by Crippen LogP contribution is 2.37. The van der Waals surface area contributed by atoms with Gasteiger partial charge in [0.25, 0.3) is 10.0 Å². The minimum absolute atomic E-state index is 0.0431. The summed E-state index contributed by atoms with van der Waals surface area (Å²) in [7, 11) is -1.24. The van der Waals surface area contributed by atoms with Crippen LogP contribution in [0.4, 0.5) is 5.82 Å². The van der Waals surface area contributed by atoms with E-state index in [9.17, 15) is 8.42 Å². The molecule has 12 heteroatoms. The predicted molar refractivity (Wildman–Crippen MR) is 113 cm³/mol. The van der Waals surface area contributed by atoms with Gasteiger partial charge in [0.05, 0.1) is 33.1 Å². The molecule has 1 aliphatic rings. The second kappa shape index (κ2) is 7.71. The molecule has 1 aromatic carbocycles. The Morgan fingerprint density at radius 1 is 1.22 bits per heavy atom. The molecule has 0 amide bonds. The number of anilines is 1. The molecule has 1 aliphatic heterocycles. The van der Waals surface area contributed by atoms with Crippen molar-refractivity contribution in [3.05, 3.63) is 47.9 Å². The molecule has 4 heterocycles. The number of aromatic nitrogens is 4. The van der Waals surface area contributed by atoms with E-state index in [0.717, 1.165) is 5.56 Å². The SMILES string of the molecule is COc1cc2c(cc1S(=O)(=O)Nc1noc3cc(Cn4cccn4)nc(OC)c13)OCC2. The molecule has 5 rings (SSSR count). The van der Waals surface area contributed by atoms with Crippen LogP contribution in [0.3, 0.4) is 0 Å². The number of nitrogens with one attached hydrogen (secondary N) is 1. The first-order valence-electron chi connectivity index (χ1n) is 9.66. The normalized spacial score (nSPS) is 13.1. The molecule has 0 unspecified atom stereocenters. The summed E-state index contributed by atoms with van der Waals surface area (Å²) in [6, 6.07) is 6.58. The summed E-state index contributed by atoms with van der Waals surface area (Å²) >= 11 is 0. The zero-order valence-electron chi connectivity index (χ0n) is 17.2. The molecule has 0 bridgehead atoms. The maximum atomic E-state index is 13.2. The lowest BCUT2D eigenvalue weighted by atomic mass is 10.1. The second-order valence-corrected chi connectivity index (χ2v) is 8.70. The highest BCUT2D eigenvalue weighted by molar-refractivity contribution is 7.92. The Morgan fingerprint density at radius 3 is 2.84 bits per heavy atom. The fraction of sp³-hybridized carbons (Fsp3) is 0.250. The number of methoxy groups -OCH3 is 2. The Bertz CT molecular complexity index is 1400. The lowest BCUT2D eigenvalue weighted by molar-refractivity contribution is 0.355. The molecule has 0 saturated carbocycles. The van der Waals surface area contributed by atoms with Crippen molar-refractivity contribution in [1.82, 2.24) is 19.9 Å². The third kappa shape index (κ3) is 3.47. The van der Waals surface area contributed by atoms with Crippen molar-refractivity contribution < 1.29 is 27.2 Å². The van der Waals surface area contributed by atoms with Crippen LogP contribution >= 0.6 is 0 Å². The van der Waals surface area contributed by atoms with E-state index in [4.69, 9.17) is 18.7 Å². The third-order valence-corrected chi connectivity index (χ3v) is 6.41. The molecular weight excluding hydrogens is 438 g/mol. The van der Waals surface area contributed by atoms with E-state index < -0.39 is 10.0 Å². The van der Waals surface area contributed by atoms with Crippen LogP contribution in [-0.4, -0.2) is 49.2 Å². The molecule has 4 aromatic rings. The molecule has 32 heavy (non-hydrogen) atoms. The number of hydrogen-bond donors (Lipinski definition) is 1. The Hall–Kier alpha value is -3.80. The minimum Gasteiger partial charge on any atom is -0.495 e. The number of ether oxygens (including phenoxy) is 3. The van der Waals surface area contributed by atoms with Crippen molar-refractivity contribution in [2.75, 3.05) is 25.5 Å². The number of pyridine rings is 1. The van der Waals surface area contributed by atoms with Gasteiger partial charge < -0.3 is 18.7 Å². The number of nitrogens with zero attached hydrogens (tertiary/aromatic N) is 4. The van der Waals surface area contributed by atoms with Crippen molar-refractivity contribution >= 4 is 26.8 Å². The van der Waals surface area contributed by atoms with Crippen LogP contribution in [0.5, 0.6) is 17.4 Å². The first-order chi connectivity index (χ1) is 15.5. The summed E-state index contributed by atoms with van der Waals surface area (Å²) in [6.07, 6.45) is 4.15. The van der Waals surface area contributed by atoms with Crippen LogP contribution in [0.1, 0.15) is 11.3 Å². The van der Waals surface area contributed by atoms with Crippen molar-refractivity contribution in [2.45, 2.75) is 17.9 Å². The second-order valence-electron chi connectivity index (χ2n) is 7.05. The molecule has 166 valence electrons.